The Hall–Kier alpha value is -2.63. The predicted octanol–water partition coefficient (Wildman–Crippen LogP) is 3.03. The van der Waals surface area contributed by atoms with Crippen molar-refractivity contribution in [2.45, 2.75) is 32.2 Å². The van der Waals surface area contributed by atoms with E-state index >= 15 is 0 Å². The number of carboxylic acid groups (broad SMARTS) is 1. The number of rotatable bonds is 5. The van der Waals surface area contributed by atoms with E-state index in [1.807, 2.05) is 25.3 Å². The lowest BCUT2D eigenvalue weighted by atomic mass is 9.96. The van der Waals surface area contributed by atoms with E-state index in [1.54, 1.807) is 30.2 Å². The van der Waals surface area contributed by atoms with Gasteiger partial charge < -0.3 is 10.1 Å². The van der Waals surface area contributed by atoms with E-state index in [1.165, 1.54) is 0 Å². The molecule has 22 heavy (non-hydrogen) atoms. The van der Waals surface area contributed by atoms with Crippen molar-refractivity contribution in [3.8, 4) is 11.1 Å². The van der Waals surface area contributed by atoms with Gasteiger partial charge >= 0.3 is 5.97 Å². The van der Waals surface area contributed by atoms with E-state index in [2.05, 4.69) is 15.1 Å². The van der Waals surface area contributed by atoms with Gasteiger partial charge in [0, 0.05) is 29.5 Å². The maximum Gasteiger partial charge on any atom is 0.331 e. The fraction of sp³-hybridized carbons (Fsp3) is 0.312. The van der Waals surface area contributed by atoms with Crippen LogP contribution in [0.4, 0.5) is 0 Å². The number of nitrogens with one attached hydrogen (secondary N) is 1. The lowest BCUT2D eigenvalue weighted by Crippen LogP contribution is -2.39. The van der Waals surface area contributed by atoms with E-state index in [9.17, 15) is 9.90 Å². The summed E-state index contributed by atoms with van der Waals surface area (Å²) in [7, 11) is 0. The first-order chi connectivity index (χ1) is 10.6. The summed E-state index contributed by atoms with van der Waals surface area (Å²) in [4.78, 5) is 19.0. The van der Waals surface area contributed by atoms with Crippen LogP contribution in [0.2, 0.25) is 0 Å². The maximum absolute atomic E-state index is 11.7. The van der Waals surface area contributed by atoms with E-state index in [4.69, 9.17) is 0 Å². The van der Waals surface area contributed by atoms with Gasteiger partial charge in [-0.3, -0.25) is 4.68 Å². The van der Waals surface area contributed by atoms with Crippen molar-refractivity contribution in [3.05, 3.63) is 36.9 Å². The predicted molar refractivity (Wildman–Crippen MR) is 83.5 cm³/mol. The molecule has 6 heteroatoms. The Morgan fingerprint density at radius 3 is 3.00 bits per heavy atom. The lowest BCUT2D eigenvalue weighted by molar-refractivity contribution is -0.147. The highest BCUT2D eigenvalue weighted by Gasteiger charge is 2.35. The third-order valence-electron chi connectivity index (χ3n) is 4.06. The molecule has 0 aliphatic carbocycles. The Bertz CT molecular complexity index is 820. The van der Waals surface area contributed by atoms with Crippen LogP contribution in [0.1, 0.15) is 26.7 Å². The summed E-state index contributed by atoms with van der Waals surface area (Å²) in [6, 6.07) is 3.87. The minimum atomic E-state index is -1.03. The zero-order valence-corrected chi connectivity index (χ0v) is 12.6. The average Bonchev–Trinajstić information content (AvgIpc) is 3.16. The van der Waals surface area contributed by atoms with Gasteiger partial charge in [0.15, 0.2) is 5.54 Å². The number of pyridine rings is 1. The van der Waals surface area contributed by atoms with Gasteiger partial charge in [-0.25, -0.2) is 9.78 Å². The summed E-state index contributed by atoms with van der Waals surface area (Å²) in [5, 5.41) is 14.9. The minimum absolute atomic E-state index is 0.527. The van der Waals surface area contributed by atoms with Crippen LogP contribution >= 0.6 is 0 Å². The van der Waals surface area contributed by atoms with Gasteiger partial charge in [0.1, 0.15) is 5.65 Å². The molecule has 0 spiro atoms. The fourth-order valence-electron chi connectivity index (χ4n) is 2.75. The molecule has 0 amide bonds. The molecule has 0 saturated carbocycles. The second-order valence-corrected chi connectivity index (χ2v) is 5.60. The Morgan fingerprint density at radius 1 is 1.45 bits per heavy atom. The first-order valence-corrected chi connectivity index (χ1v) is 7.27. The van der Waals surface area contributed by atoms with Crippen LogP contribution in [0.5, 0.6) is 0 Å². The highest BCUT2D eigenvalue weighted by atomic mass is 16.4. The van der Waals surface area contributed by atoms with Crippen molar-refractivity contribution in [3.63, 3.8) is 0 Å². The topological polar surface area (TPSA) is 83.8 Å². The number of nitrogens with zero attached hydrogens (tertiary/aromatic N) is 3. The maximum atomic E-state index is 11.7. The zero-order valence-electron chi connectivity index (χ0n) is 12.6. The average molecular weight is 298 g/mol. The molecule has 6 nitrogen and oxygen atoms in total. The number of H-pyrrole nitrogens is 1. The highest BCUT2D eigenvalue weighted by Crippen LogP contribution is 2.29. The SMILES string of the molecule is CCCC(C)(C(=O)O)n1cc(-c2ccnc3[nH]ccc23)cn1. The smallest absolute Gasteiger partial charge is 0.331 e. The van der Waals surface area contributed by atoms with Gasteiger partial charge in [-0.2, -0.15) is 5.10 Å². The zero-order chi connectivity index (χ0) is 15.7. The molecule has 0 radical (unpaired) electrons. The third kappa shape index (κ3) is 2.16. The Kier molecular flexibility index (Phi) is 3.44. The van der Waals surface area contributed by atoms with E-state index in [0.717, 1.165) is 28.6 Å². The first kappa shape index (κ1) is 14.3. The van der Waals surface area contributed by atoms with Gasteiger partial charge in [0.05, 0.1) is 6.20 Å². The molecule has 114 valence electrons. The van der Waals surface area contributed by atoms with Crippen LogP contribution in [0.25, 0.3) is 22.2 Å². The molecule has 0 aliphatic heterocycles. The number of aromatic nitrogens is 4. The lowest BCUT2D eigenvalue weighted by Gasteiger charge is -2.24. The van der Waals surface area contributed by atoms with Crippen LogP contribution in [-0.2, 0) is 10.3 Å². The normalized spacial score (nSPS) is 14.1. The number of fused-ring (bicyclic) bond motifs is 1. The third-order valence-corrected chi connectivity index (χ3v) is 4.06. The van der Waals surface area contributed by atoms with E-state index < -0.39 is 11.5 Å². The summed E-state index contributed by atoms with van der Waals surface area (Å²) in [6.07, 6.45) is 8.37. The minimum Gasteiger partial charge on any atom is -0.479 e. The molecule has 3 aromatic rings. The van der Waals surface area contributed by atoms with Gasteiger partial charge in [-0.1, -0.05) is 13.3 Å². The van der Waals surface area contributed by atoms with Gasteiger partial charge in [-0.15, -0.1) is 0 Å². The van der Waals surface area contributed by atoms with Crippen molar-refractivity contribution < 1.29 is 9.90 Å². The molecule has 0 aliphatic rings. The van der Waals surface area contributed by atoms with Crippen molar-refractivity contribution in [2.75, 3.05) is 0 Å². The molecule has 3 heterocycles. The van der Waals surface area contributed by atoms with Crippen LogP contribution in [0.15, 0.2) is 36.9 Å². The number of hydrogen-bond acceptors (Lipinski definition) is 3. The Balaban J connectivity index is 2.07. The standard InChI is InChI=1S/C16H18N4O2/c1-3-6-16(2,15(21)22)20-10-11(9-19-20)12-4-7-17-14-13(12)5-8-18-14/h4-5,7-10H,3,6H2,1-2H3,(H,17,18)(H,21,22). The second-order valence-electron chi connectivity index (χ2n) is 5.60. The number of aliphatic carboxylic acids is 1. The van der Waals surface area contributed by atoms with Crippen molar-refractivity contribution in [1.82, 2.24) is 19.7 Å². The fourth-order valence-corrected chi connectivity index (χ4v) is 2.75. The molecule has 1 atom stereocenters. The molecular formula is C16H18N4O2. The molecule has 1 unspecified atom stereocenters. The van der Waals surface area contributed by atoms with Crippen LogP contribution in [0.3, 0.4) is 0 Å². The molecule has 0 aromatic carbocycles. The van der Waals surface area contributed by atoms with Crippen molar-refractivity contribution >= 4 is 17.0 Å². The Morgan fingerprint density at radius 2 is 2.27 bits per heavy atom. The van der Waals surface area contributed by atoms with Crippen molar-refractivity contribution in [2.24, 2.45) is 0 Å². The van der Waals surface area contributed by atoms with E-state index in [-0.39, 0.29) is 0 Å². The van der Waals surface area contributed by atoms with Crippen LogP contribution in [-0.4, -0.2) is 30.8 Å². The number of hydrogen-bond donors (Lipinski definition) is 2. The monoisotopic (exact) mass is 298 g/mol. The number of carboxylic acids is 1. The van der Waals surface area contributed by atoms with Crippen molar-refractivity contribution in [1.29, 1.82) is 0 Å². The Labute approximate surface area is 127 Å². The van der Waals surface area contributed by atoms with Gasteiger partial charge in [0.2, 0.25) is 0 Å². The highest BCUT2D eigenvalue weighted by molar-refractivity contribution is 5.92. The molecule has 3 rings (SSSR count). The first-order valence-electron chi connectivity index (χ1n) is 7.27. The summed E-state index contributed by atoms with van der Waals surface area (Å²) in [5.74, 6) is -0.870. The van der Waals surface area contributed by atoms with Crippen LogP contribution < -0.4 is 0 Å². The van der Waals surface area contributed by atoms with Gasteiger partial charge in [0.25, 0.3) is 0 Å². The summed E-state index contributed by atoms with van der Waals surface area (Å²) in [6.45, 7) is 3.67. The summed E-state index contributed by atoms with van der Waals surface area (Å²) >= 11 is 0. The summed E-state index contributed by atoms with van der Waals surface area (Å²) < 4.78 is 1.55. The quantitative estimate of drug-likeness (QED) is 0.758. The molecule has 0 saturated heterocycles. The second kappa shape index (κ2) is 5.29. The molecule has 0 bridgehead atoms. The number of carbonyl (C=O) groups is 1. The van der Waals surface area contributed by atoms with E-state index in [0.29, 0.717) is 6.42 Å². The van der Waals surface area contributed by atoms with Gasteiger partial charge in [-0.05, 0) is 31.0 Å². The number of aromatic amines is 1. The molecule has 0 fully saturated rings. The molecule has 2 N–H and O–H groups in total. The molecule has 3 aromatic heterocycles. The largest absolute Gasteiger partial charge is 0.479 e. The molecular weight excluding hydrogens is 280 g/mol. The summed E-state index contributed by atoms with van der Waals surface area (Å²) in [5.41, 5.74) is 1.65. The van der Waals surface area contributed by atoms with Crippen LogP contribution in [0, 0.1) is 0 Å².